The molecule has 4 heteroatoms. The molecule has 3 rings (SSSR count). The van der Waals surface area contributed by atoms with Gasteiger partial charge in [0, 0.05) is 0 Å². The van der Waals surface area contributed by atoms with E-state index in [1.807, 2.05) is 36.4 Å². The molecule has 22 heavy (non-hydrogen) atoms. The van der Waals surface area contributed by atoms with E-state index in [-0.39, 0.29) is 0 Å². The van der Waals surface area contributed by atoms with Crippen molar-refractivity contribution in [2.45, 2.75) is 0 Å². The van der Waals surface area contributed by atoms with Gasteiger partial charge in [-0.1, -0.05) is 0 Å². The fraction of sp³-hybridized carbons (Fsp3) is 0. The maximum absolute atomic E-state index is 9.09. The van der Waals surface area contributed by atoms with Crippen LogP contribution >= 0.6 is 0 Å². The van der Waals surface area contributed by atoms with Crippen LogP contribution in [0.4, 0.5) is 0 Å². The van der Waals surface area contributed by atoms with Gasteiger partial charge in [0.15, 0.2) is 0 Å². The van der Waals surface area contributed by atoms with Gasteiger partial charge in [0.05, 0.1) is 22.3 Å². The molecule has 0 bridgehead atoms. The summed E-state index contributed by atoms with van der Waals surface area (Å²) in [5.74, 6) is 0. The number of hydrogen-bond donors (Lipinski definition) is 0. The maximum Gasteiger partial charge on any atom is 0.101 e. The van der Waals surface area contributed by atoms with Crippen LogP contribution in [0.2, 0.25) is 0 Å². The van der Waals surface area contributed by atoms with E-state index < -0.39 is 0 Å². The standard InChI is InChI=1S/C18H6N4/c19-7-15-3-11-1-12-4-16(8-20)18(10-22)6-14(12)2-13(11)5-17(15)9-21/h1-6H. The molecular formula is C18H6N4. The fourth-order valence-electron chi connectivity index (χ4n) is 2.47. The van der Waals surface area contributed by atoms with Gasteiger partial charge in [-0.3, -0.25) is 0 Å². The van der Waals surface area contributed by atoms with E-state index in [2.05, 4.69) is 0 Å². The third-order valence-corrected chi connectivity index (χ3v) is 3.55. The van der Waals surface area contributed by atoms with Crippen molar-refractivity contribution in [3.05, 3.63) is 58.7 Å². The first-order valence-electron chi connectivity index (χ1n) is 6.36. The van der Waals surface area contributed by atoms with Crippen molar-refractivity contribution in [2.75, 3.05) is 0 Å². The van der Waals surface area contributed by atoms with Crippen molar-refractivity contribution in [3.63, 3.8) is 0 Å². The Bertz CT molecular complexity index is 936. The molecule has 0 atom stereocenters. The Morgan fingerprint density at radius 2 is 0.636 bits per heavy atom. The largest absolute Gasteiger partial charge is 0.192 e. The normalized spacial score (nSPS) is 9.64. The molecule has 0 heterocycles. The Morgan fingerprint density at radius 1 is 0.409 bits per heavy atom. The van der Waals surface area contributed by atoms with Crippen LogP contribution in [0.1, 0.15) is 22.3 Å². The summed E-state index contributed by atoms with van der Waals surface area (Å²) >= 11 is 0. The third-order valence-electron chi connectivity index (χ3n) is 3.55. The predicted octanol–water partition coefficient (Wildman–Crippen LogP) is 3.48. The summed E-state index contributed by atoms with van der Waals surface area (Å²) < 4.78 is 0. The van der Waals surface area contributed by atoms with Crippen LogP contribution in [0.15, 0.2) is 36.4 Å². The maximum atomic E-state index is 9.09. The van der Waals surface area contributed by atoms with E-state index >= 15 is 0 Å². The predicted molar refractivity (Wildman–Crippen MR) is 80.3 cm³/mol. The Kier molecular flexibility index (Phi) is 2.94. The van der Waals surface area contributed by atoms with Gasteiger partial charge in [-0.05, 0) is 57.9 Å². The number of hydrogen-bond acceptors (Lipinski definition) is 4. The number of rotatable bonds is 0. The molecule has 0 saturated carbocycles. The van der Waals surface area contributed by atoms with Crippen LogP contribution in [0, 0.1) is 45.3 Å². The van der Waals surface area contributed by atoms with E-state index in [1.165, 1.54) is 0 Å². The Hall–Kier alpha value is -3.86. The lowest BCUT2D eigenvalue weighted by Crippen LogP contribution is -1.88. The molecule has 0 aliphatic rings. The van der Waals surface area contributed by atoms with Crippen molar-refractivity contribution in [2.24, 2.45) is 0 Å². The Labute approximate surface area is 126 Å². The van der Waals surface area contributed by atoms with Gasteiger partial charge in [-0.25, -0.2) is 0 Å². The minimum atomic E-state index is 0.323. The number of benzene rings is 3. The highest BCUT2D eigenvalue weighted by atomic mass is 14.3. The van der Waals surface area contributed by atoms with Crippen molar-refractivity contribution in [3.8, 4) is 24.3 Å². The number of nitrogens with zero attached hydrogens (tertiary/aromatic N) is 4. The lowest BCUT2D eigenvalue weighted by Gasteiger charge is -2.05. The van der Waals surface area contributed by atoms with E-state index in [0.717, 1.165) is 21.5 Å². The molecule has 0 amide bonds. The molecule has 98 valence electrons. The summed E-state index contributed by atoms with van der Waals surface area (Å²) in [5, 5.41) is 39.6. The molecule has 0 spiro atoms. The summed E-state index contributed by atoms with van der Waals surface area (Å²) in [5.41, 5.74) is 1.29. The van der Waals surface area contributed by atoms with Gasteiger partial charge in [0.25, 0.3) is 0 Å². The monoisotopic (exact) mass is 278 g/mol. The third kappa shape index (κ3) is 1.90. The van der Waals surface area contributed by atoms with Crippen molar-refractivity contribution >= 4 is 21.5 Å². The summed E-state index contributed by atoms with van der Waals surface area (Å²) in [6.07, 6.45) is 0. The van der Waals surface area contributed by atoms with Gasteiger partial charge in [0.1, 0.15) is 24.3 Å². The highest BCUT2D eigenvalue weighted by Crippen LogP contribution is 2.27. The molecule has 0 saturated heterocycles. The van der Waals surface area contributed by atoms with E-state index in [0.29, 0.717) is 22.3 Å². The molecule has 0 aliphatic heterocycles. The van der Waals surface area contributed by atoms with Crippen LogP contribution in [0.25, 0.3) is 21.5 Å². The van der Waals surface area contributed by atoms with Crippen molar-refractivity contribution in [1.82, 2.24) is 0 Å². The molecule has 0 N–H and O–H groups in total. The number of nitriles is 4. The summed E-state index contributed by atoms with van der Waals surface area (Å²) in [6, 6.07) is 18.4. The van der Waals surface area contributed by atoms with E-state index in [4.69, 9.17) is 21.0 Å². The second-order valence-electron chi connectivity index (χ2n) is 4.79. The first kappa shape index (κ1) is 13.1. The van der Waals surface area contributed by atoms with Crippen LogP contribution in [0.3, 0.4) is 0 Å². The SMILES string of the molecule is N#Cc1cc2cc3cc(C#N)c(C#N)cc3cc2cc1C#N. The molecule has 0 radical (unpaired) electrons. The highest BCUT2D eigenvalue weighted by Gasteiger charge is 2.08. The quantitative estimate of drug-likeness (QED) is 0.588. The highest BCUT2D eigenvalue weighted by molar-refractivity contribution is 6.00. The van der Waals surface area contributed by atoms with E-state index in [9.17, 15) is 0 Å². The topological polar surface area (TPSA) is 95.2 Å². The average Bonchev–Trinajstić information content (AvgIpc) is 2.57. The van der Waals surface area contributed by atoms with Gasteiger partial charge >= 0.3 is 0 Å². The molecule has 4 nitrogen and oxygen atoms in total. The molecule has 0 aliphatic carbocycles. The first-order chi connectivity index (χ1) is 10.7. The lowest BCUT2D eigenvalue weighted by atomic mass is 9.96. The second kappa shape index (κ2) is 4.92. The fourth-order valence-corrected chi connectivity index (χ4v) is 2.47. The summed E-state index contributed by atoms with van der Waals surface area (Å²) in [7, 11) is 0. The smallest absolute Gasteiger partial charge is 0.101 e. The van der Waals surface area contributed by atoms with Gasteiger partial charge in [-0.2, -0.15) is 21.0 Å². The Morgan fingerprint density at radius 3 is 0.818 bits per heavy atom. The average molecular weight is 278 g/mol. The zero-order valence-corrected chi connectivity index (χ0v) is 11.3. The van der Waals surface area contributed by atoms with Crippen molar-refractivity contribution in [1.29, 1.82) is 21.0 Å². The van der Waals surface area contributed by atoms with Crippen LogP contribution in [-0.2, 0) is 0 Å². The van der Waals surface area contributed by atoms with Gasteiger partial charge in [-0.15, -0.1) is 0 Å². The lowest BCUT2D eigenvalue weighted by molar-refractivity contribution is 1.44. The minimum Gasteiger partial charge on any atom is -0.192 e. The van der Waals surface area contributed by atoms with Crippen LogP contribution < -0.4 is 0 Å². The number of fused-ring (bicyclic) bond motifs is 2. The molecule has 0 aromatic heterocycles. The van der Waals surface area contributed by atoms with Gasteiger partial charge in [0.2, 0.25) is 0 Å². The summed E-state index contributed by atoms with van der Waals surface area (Å²) in [6.45, 7) is 0. The second-order valence-corrected chi connectivity index (χ2v) is 4.79. The Balaban J connectivity index is 2.43. The molecule has 3 aromatic rings. The molecule has 3 aromatic carbocycles. The molecule has 0 fully saturated rings. The van der Waals surface area contributed by atoms with E-state index in [1.54, 1.807) is 24.3 Å². The molecule has 0 unspecified atom stereocenters. The van der Waals surface area contributed by atoms with Crippen LogP contribution in [0.5, 0.6) is 0 Å². The van der Waals surface area contributed by atoms with Gasteiger partial charge < -0.3 is 0 Å². The molecular weight excluding hydrogens is 272 g/mol. The first-order valence-corrected chi connectivity index (χ1v) is 6.36. The zero-order chi connectivity index (χ0) is 15.7. The van der Waals surface area contributed by atoms with Crippen molar-refractivity contribution < 1.29 is 0 Å². The zero-order valence-electron chi connectivity index (χ0n) is 11.3. The minimum absolute atomic E-state index is 0.323. The van der Waals surface area contributed by atoms with Crippen LogP contribution in [-0.4, -0.2) is 0 Å². The summed E-state index contributed by atoms with van der Waals surface area (Å²) in [4.78, 5) is 0.